The fraction of sp³-hybridized carbons (Fsp3) is 0.583. The smallest absolute Gasteiger partial charge is 0.331 e. The molecule has 15 heavy (non-hydrogen) atoms. The Bertz CT molecular complexity index is 262. The summed E-state index contributed by atoms with van der Waals surface area (Å²) in [5, 5.41) is 0. The number of carbonyl (C=O) groups excluding carboxylic acids is 1. The molecule has 0 spiro atoms. The Hall–Kier alpha value is -1.09. The third-order valence-corrected chi connectivity index (χ3v) is 2.82. The van der Waals surface area contributed by atoms with E-state index in [2.05, 4.69) is 18.1 Å². The topological polar surface area (TPSA) is 29.5 Å². The van der Waals surface area contributed by atoms with Crippen molar-refractivity contribution in [3.05, 3.63) is 25.3 Å². The van der Waals surface area contributed by atoms with Crippen molar-refractivity contribution in [2.75, 3.05) is 13.1 Å². The third kappa shape index (κ3) is 2.93. The van der Waals surface area contributed by atoms with Crippen molar-refractivity contribution >= 4 is 5.97 Å². The summed E-state index contributed by atoms with van der Waals surface area (Å²) in [4.78, 5) is 13.4. The third-order valence-electron chi connectivity index (χ3n) is 2.82. The molecule has 1 atom stereocenters. The van der Waals surface area contributed by atoms with Crippen molar-refractivity contribution in [2.24, 2.45) is 0 Å². The zero-order chi connectivity index (χ0) is 11.3. The number of likely N-dealkylation sites (tertiary alicyclic amines) is 1. The highest BCUT2D eigenvalue weighted by atomic mass is 16.6. The van der Waals surface area contributed by atoms with Gasteiger partial charge in [-0.1, -0.05) is 12.7 Å². The molecule has 1 saturated heterocycles. The molecule has 3 heteroatoms. The molecule has 1 aliphatic heterocycles. The van der Waals surface area contributed by atoms with Crippen LogP contribution in [0.5, 0.6) is 0 Å². The second-order valence-electron chi connectivity index (χ2n) is 3.99. The predicted octanol–water partition coefficient (Wildman–Crippen LogP) is 2.10. The van der Waals surface area contributed by atoms with Gasteiger partial charge in [-0.25, -0.2) is 4.79 Å². The van der Waals surface area contributed by atoms with E-state index in [4.69, 9.17) is 4.74 Å². The SMILES string of the molecule is C=CCN1CCCCC1(C)OC(=O)C=C. The first-order valence-electron chi connectivity index (χ1n) is 5.34. The van der Waals surface area contributed by atoms with Crippen LogP contribution < -0.4 is 0 Å². The Balaban J connectivity index is 2.70. The molecule has 3 nitrogen and oxygen atoms in total. The lowest BCUT2D eigenvalue weighted by Crippen LogP contribution is -2.52. The number of rotatable bonds is 4. The van der Waals surface area contributed by atoms with Crippen molar-refractivity contribution in [3.8, 4) is 0 Å². The highest BCUT2D eigenvalue weighted by Crippen LogP contribution is 2.29. The number of hydrogen-bond acceptors (Lipinski definition) is 3. The lowest BCUT2D eigenvalue weighted by atomic mass is 9.99. The monoisotopic (exact) mass is 209 g/mol. The highest BCUT2D eigenvalue weighted by molar-refractivity contribution is 5.81. The zero-order valence-electron chi connectivity index (χ0n) is 9.37. The van der Waals surface area contributed by atoms with Crippen LogP contribution in [0, 0.1) is 0 Å². The summed E-state index contributed by atoms with van der Waals surface area (Å²) in [6, 6.07) is 0. The van der Waals surface area contributed by atoms with Gasteiger partial charge < -0.3 is 4.74 Å². The lowest BCUT2D eigenvalue weighted by molar-refractivity contribution is -0.181. The molecular weight excluding hydrogens is 190 g/mol. The maximum atomic E-state index is 11.2. The molecule has 0 radical (unpaired) electrons. The molecule has 0 bridgehead atoms. The van der Waals surface area contributed by atoms with Gasteiger partial charge in [0.2, 0.25) is 0 Å². The minimum Gasteiger partial charge on any atom is -0.441 e. The number of nitrogens with zero attached hydrogens (tertiary/aromatic N) is 1. The van der Waals surface area contributed by atoms with Crippen molar-refractivity contribution in [1.82, 2.24) is 4.90 Å². The molecule has 1 fully saturated rings. The van der Waals surface area contributed by atoms with Gasteiger partial charge in [-0.3, -0.25) is 4.90 Å². The minimum atomic E-state index is -0.488. The van der Waals surface area contributed by atoms with E-state index in [0.717, 1.165) is 32.4 Å². The van der Waals surface area contributed by atoms with Crippen LogP contribution in [0.2, 0.25) is 0 Å². The Kier molecular flexibility index (Phi) is 4.09. The lowest BCUT2D eigenvalue weighted by Gasteiger charge is -2.43. The van der Waals surface area contributed by atoms with Crippen LogP contribution in [0.1, 0.15) is 26.2 Å². The van der Waals surface area contributed by atoms with E-state index in [1.807, 2.05) is 13.0 Å². The summed E-state index contributed by atoms with van der Waals surface area (Å²) in [5.41, 5.74) is -0.488. The van der Waals surface area contributed by atoms with Gasteiger partial charge in [0, 0.05) is 25.6 Å². The Morgan fingerprint density at radius 1 is 1.53 bits per heavy atom. The molecule has 1 rings (SSSR count). The largest absolute Gasteiger partial charge is 0.441 e. The van der Waals surface area contributed by atoms with Crippen LogP contribution in [0.3, 0.4) is 0 Å². The Morgan fingerprint density at radius 2 is 2.27 bits per heavy atom. The van der Waals surface area contributed by atoms with Crippen LogP contribution in [0.15, 0.2) is 25.3 Å². The van der Waals surface area contributed by atoms with Gasteiger partial charge in [0.05, 0.1) is 0 Å². The molecule has 0 aromatic rings. The Morgan fingerprint density at radius 3 is 2.87 bits per heavy atom. The molecule has 84 valence electrons. The molecule has 1 heterocycles. The van der Waals surface area contributed by atoms with Crippen LogP contribution in [-0.4, -0.2) is 29.7 Å². The van der Waals surface area contributed by atoms with E-state index >= 15 is 0 Å². The fourth-order valence-corrected chi connectivity index (χ4v) is 1.96. The van der Waals surface area contributed by atoms with Gasteiger partial charge in [0.15, 0.2) is 5.72 Å². The second-order valence-corrected chi connectivity index (χ2v) is 3.99. The van der Waals surface area contributed by atoms with Gasteiger partial charge in [-0.05, 0) is 19.8 Å². The van der Waals surface area contributed by atoms with Crippen LogP contribution in [0.25, 0.3) is 0 Å². The average molecular weight is 209 g/mol. The molecule has 0 aromatic carbocycles. The molecular formula is C12H19NO2. The zero-order valence-corrected chi connectivity index (χ0v) is 9.37. The van der Waals surface area contributed by atoms with Gasteiger partial charge in [0.25, 0.3) is 0 Å². The first-order valence-corrected chi connectivity index (χ1v) is 5.34. The number of esters is 1. The van der Waals surface area contributed by atoms with E-state index < -0.39 is 5.72 Å². The maximum absolute atomic E-state index is 11.2. The minimum absolute atomic E-state index is 0.353. The first kappa shape index (κ1) is 12.0. The van der Waals surface area contributed by atoms with Gasteiger partial charge in [-0.15, -0.1) is 6.58 Å². The van der Waals surface area contributed by atoms with Gasteiger partial charge >= 0.3 is 5.97 Å². The quantitative estimate of drug-likeness (QED) is 0.403. The van der Waals surface area contributed by atoms with Crippen molar-refractivity contribution in [2.45, 2.75) is 31.9 Å². The normalized spacial score (nSPS) is 27.0. The second kappa shape index (κ2) is 5.12. The van der Waals surface area contributed by atoms with Crippen molar-refractivity contribution < 1.29 is 9.53 Å². The highest BCUT2D eigenvalue weighted by Gasteiger charge is 2.36. The molecule has 0 aromatic heterocycles. The van der Waals surface area contributed by atoms with Crippen molar-refractivity contribution in [1.29, 1.82) is 0 Å². The average Bonchev–Trinajstić information content (AvgIpc) is 2.21. The first-order chi connectivity index (χ1) is 7.12. The van der Waals surface area contributed by atoms with Gasteiger partial charge in [0.1, 0.15) is 0 Å². The van der Waals surface area contributed by atoms with E-state index in [0.29, 0.717) is 0 Å². The molecule has 0 amide bonds. The molecule has 0 N–H and O–H groups in total. The summed E-state index contributed by atoms with van der Waals surface area (Å²) in [6.45, 7) is 10.8. The summed E-state index contributed by atoms with van der Waals surface area (Å²) >= 11 is 0. The van der Waals surface area contributed by atoms with E-state index in [1.165, 1.54) is 6.08 Å². The molecule has 1 aliphatic rings. The molecule has 0 aliphatic carbocycles. The molecule has 1 unspecified atom stereocenters. The number of piperidine rings is 1. The number of hydrogen-bond donors (Lipinski definition) is 0. The predicted molar refractivity (Wildman–Crippen MR) is 60.3 cm³/mol. The Labute approximate surface area is 91.4 Å². The van der Waals surface area contributed by atoms with E-state index in [1.54, 1.807) is 0 Å². The van der Waals surface area contributed by atoms with E-state index in [9.17, 15) is 4.79 Å². The maximum Gasteiger partial charge on any atom is 0.331 e. The van der Waals surface area contributed by atoms with Crippen LogP contribution in [0.4, 0.5) is 0 Å². The summed E-state index contributed by atoms with van der Waals surface area (Å²) in [6.07, 6.45) is 6.17. The van der Waals surface area contributed by atoms with E-state index in [-0.39, 0.29) is 5.97 Å². The number of ether oxygens (including phenoxy) is 1. The number of carbonyl (C=O) groups is 1. The molecule has 0 saturated carbocycles. The van der Waals surface area contributed by atoms with Gasteiger partial charge in [-0.2, -0.15) is 0 Å². The fourth-order valence-electron chi connectivity index (χ4n) is 1.96. The summed E-state index contributed by atoms with van der Waals surface area (Å²) in [5.74, 6) is -0.353. The standard InChI is InChI=1S/C12H19NO2/c1-4-9-13-10-7-6-8-12(13,3)15-11(14)5-2/h4-5H,1-2,6-10H2,3H3. The van der Waals surface area contributed by atoms with Crippen LogP contribution >= 0.6 is 0 Å². The van der Waals surface area contributed by atoms with Crippen molar-refractivity contribution in [3.63, 3.8) is 0 Å². The summed E-state index contributed by atoms with van der Waals surface area (Å²) in [7, 11) is 0. The van der Waals surface area contributed by atoms with Crippen LogP contribution in [-0.2, 0) is 9.53 Å². The summed E-state index contributed by atoms with van der Waals surface area (Å²) < 4.78 is 5.41.